The Morgan fingerprint density at radius 1 is 1.04 bits per heavy atom. The molecule has 3 aromatic rings. The van der Waals surface area contributed by atoms with Crippen LogP contribution in [0.1, 0.15) is 22.8 Å². The third kappa shape index (κ3) is 2.91. The summed E-state index contributed by atoms with van der Waals surface area (Å²) in [7, 11) is 3.13. The summed E-state index contributed by atoms with van der Waals surface area (Å²) in [5.41, 5.74) is 3.28. The minimum Gasteiger partial charge on any atom is -0.493 e. The maximum absolute atomic E-state index is 12.7. The van der Waals surface area contributed by atoms with Crippen molar-refractivity contribution in [3.63, 3.8) is 0 Å². The van der Waals surface area contributed by atoms with Crippen molar-refractivity contribution in [2.24, 2.45) is 0 Å². The maximum Gasteiger partial charge on any atom is 0.188 e. The van der Waals surface area contributed by atoms with Gasteiger partial charge in [-0.05, 0) is 42.8 Å². The monoisotopic (exact) mass is 321 g/mol. The second-order valence-corrected chi connectivity index (χ2v) is 5.52. The fourth-order valence-corrected chi connectivity index (χ4v) is 2.72. The van der Waals surface area contributed by atoms with Crippen LogP contribution >= 0.6 is 0 Å². The van der Waals surface area contributed by atoms with Crippen LogP contribution in [0.4, 0.5) is 0 Å². The van der Waals surface area contributed by atoms with E-state index in [1.54, 1.807) is 32.4 Å². The summed E-state index contributed by atoms with van der Waals surface area (Å²) in [5, 5.41) is 1.09. The molecule has 0 saturated carbocycles. The number of carbonyl (C=O) groups excluding carboxylic acids is 1. The van der Waals surface area contributed by atoms with Crippen LogP contribution in [0.5, 0.6) is 11.5 Å². The number of ketones is 1. The topological polar surface area (TPSA) is 51.3 Å². The molecule has 0 bridgehead atoms. The van der Waals surface area contributed by atoms with E-state index >= 15 is 0 Å². The molecule has 0 saturated heterocycles. The van der Waals surface area contributed by atoms with Crippen LogP contribution in [0.25, 0.3) is 17.0 Å². The number of nitrogens with one attached hydrogen (secondary N) is 1. The highest BCUT2D eigenvalue weighted by Gasteiger charge is 2.13. The van der Waals surface area contributed by atoms with Gasteiger partial charge in [-0.25, -0.2) is 0 Å². The minimum atomic E-state index is -0.0405. The molecule has 24 heavy (non-hydrogen) atoms. The zero-order valence-corrected chi connectivity index (χ0v) is 13.9. The van der Waals surface area contributed by atoms with Crippen LogP contribution in [0.2, 0.25) is 0 Å². The first-order valence-corrected chi connectivity index (χ1v) is 7.65. The molecule has 4 heteroatoms. The third-order valence-corrected chi connectivity index (χ3v) is 4.00. The van der Waals surface area contributed by atoms with Crippen molar-refractivity contribution < 1.29 is 14.3 Å². The Balaban J connectivity index is 1.94. The van der Waals surface area contributed by atoms with Crippen LogP contribution in [0, 0.1) is 0 Å². The van der Waals surface area contributed by atoms with Crippen LogP contribution in [-0.4, -0.2) is 25.0 Å². The second kappa shape index (κ2) is 6.62. The number of ether oxygens (including phenoxy) is 2. The summed E-state index contributed by atoms with van der Waals surface area (Å²) in [4.78, 5) is 15.9. The maximum atomic E-state index is 12.7. The first-order valence-electron chi connectivity index (χ1n) is 7.65. The van der Waals surface area contributed by atoms with Crippen molar-refractivity contribution in [1.82, 2.24) is 4.98 Å². The highest BCUT2D eigenvalue weighted by atomic mass is 16.5. The van der Waals surface area contributed by atoms with E-state index in [1.165, 1.54) is 0 Å². The van der Waals surface area contributed by atoms with Gasteiger partial charge in [0.15, 0.2) is 17.3 Å². The van der Waals surface area contributed by atoms with E-state index in [2.05, 4.69) is 4.98 Å². The SMILES string of the molecule is COc1ccc(C(=O)/C(C)=C/c2c[nH]c3ccccc23)cc1OC. The van der Waals surface area contributed by atoms with E-state index in [4.69, 9.17) is 9.47 Å². The first-order chi connectivity index (χ1) is 11.6. The van der Waals surface area contributed by atoms with Crippen molar-refractivity contribution >= 4 is 22.8 Å². The van der Waals surface area contributed by atoms with Gasteiger partial charge in [-0.3, -0.25) is 4.79 Å². The second-order valence-electron chi connectivity index (χ2n) is 5.52. The fourth-order valence-electron chi connectivity index (χ4n) is 2.72. The number of benzene rings is 2. The summed E-state index contributed by atoms with van der Waals surface area (Å²) in [6.45, 7) is 1.82. The molecular formula is C20H19NO3. The number of H-pyrrole nitrogens is 1. The molecule has 2 aromatic carbocycles. The molecule has 0 radical (unpaired) electrons. The van der Waals surface area contributed by atoms with Gasteiger partial charge in [0.05, 0.1) is 14.2 Å². The molecule has 1 aromatic heterocycles. The molecule has 0 spiro atoms. The van der Waals surface area contributed by atoms with E-state index < -0.39 is 0 Å². The lowest BCUT2D eigenvalue weighted by Crippen LogP contribution is -2.02. The van der Waals surface area contributed by atoms with Crippen LogP contribution in [0.15, 0.2) is 54.2 Å². The Bertz CT molecular complexity index is 922. The van der Waals surface area contributed by atoms with Gasteiger partial charge >= 0.3 is 0 Å². The van der Waals surface area contributed by atoms with E-state index in [9.17, 15) is 4.79 Å². The van der Waals surface area contributed by atoms with Gasteiger partial charge in [0, 0.05) is 28.2 Å². The number of hydrogen-bond acceptors (Lipinski definition) is 3. The zero-order chi connectivity index (χ0) is 17.1. The molecule has 4 nitrogen and oxygen atoms in total. The number of para-hydroxylation sites is 1. The molecule has 0 aliphatic carbocycles. The molecule has 1 heterocycles. The molecule has 3 rings (SSSR count). The van der Waals surface area contributed by atoms with Gasteiger partial charge < -0.3 is 14.5 Å². The number of allylic oxidation sites excluding steroid dienone is 1. The normalized spacial score (nSPS) is 11.5. The van der Waals surface area contributed by atoms with Crippen LogP contribution < -0.4 is 9.47 Å². The number of hydrogen-bond donors (Lipinski definition) is 1. The van der Waals surface area contributed by atoms with Gasteiger partial charge in [0.25, 0.3) is 0 Å². The number of methoxy groups -OCH3 is 2. The predicted molar refractivity (Wildman–Crippen MR) is 95.8 cm³/mol. The summed E-state index contributed by atoms with van der Waals surface area (Å²) in [5.74, 6) is 1.11. The molecule has 0 aliphatic heterocycles. The number of fused-ring (bicyclic) bond motifs is 1. The van der Waals surface area contributed by atoms with E-state index in [0.29, 0.717) is 22.6 Å². The van der Waals surface area contributed by atoms with Crippen molar-refractivity contribution in [3.8, 4) is 11.5 Å². The molecule has 1 N–H and O–H groups in total. The quantitative estimate of drug-likeness (QED) is 0.557. The Labute approximate surface area is 140 Å². The van der Waals surface area contributed by atoms with Gasteiger partial charge in [-0.2, -0.15) is 0 Å². The van der Waals surface area contributed by atoms with Gasteiger partial charge in [0.1, 0.15) is 0 Å². The summed E-state index contributed by atoms with van der Waals surface area (Å²) < 4.78 is 10.5. The number of aromatic amines is 1. The van der Waals surface area contributed by atoms with Gasteiger partial charge in [-0.1, -0.05) is 18.2 Å². The first kappa shape index (κ1) is 15.9. The summed E-state index contributed by atoms with van der Waals surface area (Å²) >= 11 is 0. The smallest absolute Gasteiger partial charge is 0.188 e. The predicted octanol–water partition coefficient (Wildman–Crippen LogP) is 4.47. The molecule has 0 atom stereocenters. The standard InChI is InChI=1S/C20H19NO3/c1-13(10-15-12-21-17-7-5-4-6-16(15)17)20(22)14-8-9-18(23-2)19(11-14)24-3/h4-12,21H,1-3H3/b13-10+. The number of carbonyl (C=O) groups is 1. The van der Waals surface area contributed by atoms with Crippen LogP contribution in [0.3, 0.4) is 0 Å². The molecule has 0 fully saturated rings. The summed E-state index contributed by atoms with van der Waals surface area (Å²) in [6.07, 6.45) is 3.81. The van der Waals surface area contributed by atoms with E-state index in [0.717, 1.165) is 16.5 Å². The Morgan fingerprint density at radius 2 is 1.79 bits per heavy atom. The number of rotatable bonds is 5. The third-order valence-electron chi connectivity index (χ3n) is 4.00. The number of Topliss-reactive ketones (excluding diaryl/α,β-unsaturated/α-hetero) is 1. The minimum absolute atomic E-state index is 0.0405. The van der Waals surface area contributed by atoms with E-state index in [1.807, 2.05) is 43.5 Å². The van der Waals surface area contributed by atoms with Crippen molar-refractivity contribution in [2.75, 3.05) is 14.2 Å². The molecule has 0 amide bonds. The van der Waals surface area contributed by atoms with Crippen LogP contribution in [-0.2, 0) is 0 Å². The highest BCUT2D eigenvalue weighted by Crippen LogP contribution is 2.29. The lowest BCUT2D eigenvalue weighted by Gasteiger charge is -2.09. The van der Waals surface area contributed by atoms with Crippen molar-refractivity contribution in [1.29, 1.82) is 0 Å². The largest absolute Gasteiger partial charge is 0.493 e. The van der Waals surface area contributed by atoms with Crippen molar-refractivity contribution in [3.05, 3.63) is 65.4 Å². The van der Waals surface area contributed by atoms with E-state index in [-0.39, 0.29) is 5.78 Å². The lowest BCUT2D eigenvalue weighted by molar-refractivity contribution is 0.103. The molecule has 0 unspecified atom stereocenters. The average Bonchev–Trinajstić information content (AvgIpc) is 3.03. The fraction of sp³-hybridized carbons (Fsp3) is 0.150. The Hall–Kier alpha value is -3.01. The Kier molecular flexibility index (Phi) is 4.38. The zero-order valence-electron chi connectivity index (χ0n) is 13.9. The van der Waals surface area contributed by atoms with Gasteiger partial charge in [-0.15, -0.1) is 0 Å². The molecule has 0 aliphatic rings. The Morgan fingerprint density at radius 3 is 2.54 bits per heavy atom. The highest BCUT2D eigenvalue weighted by molar-refractivity contribution is 6.12. The number of aromatic nitrogens is 1. The molecular weight excluding hydrogens is 302 g/mol. The van der Waals surface area contributed by atoms with Gasteiger partial charge in [0.2, 0.25) is 0 Å². The summed E-state index contributed by atoms with van der Waals surface area (Å²) in [6, 6.07) is 13.2. The average molecular weight is 321 g/mol. The molecule has 122 valence electrons. The lowest BCUT2D eigenvalue weighted by atomic mass is 10.0. The van der Waals surface area contributed by atoms with Crippen molar-refractivity contribution in [2.45, 2.75) is 6.92 Å².